The van der Waals surface area contributed by atoms with Crippen LogP contribution in [0.1, 0.15) is 49.8 Å². The van der Waals surface area contributed by atoms with E-state index >= 15 is 0 Å². The van der Waals surface area contributed by atoms with Crippen LogP contribution >= 0.6 is 23.1 Å². The molecule has 6 heteroatoms. The van der Waals surface area contributed by atoms with Gasteiger partial charge in [-0.2, -0.15) is 0 Å². The minimum absolute atomic E-state index is 0.177. The summed E-state index contributed by atoms with van der Waals surface area (Å²) in [6.07, 6.45) is 9.56. The minimum atomic E-state index is 0.177. The van der Waals surface area contributed by atoms with Gasteiger partial charge in [0, 0.05) is 28.5 Å². The zero-order chi connectivity index (χ0) is 16.1. The number of rotatable bonds is 5. The number of fused-ring (bicyclic) bond motifs is 1. The Morgan fingerprint density at radius 1 is 1.30 bits per heavy atom. The van der Waals surface area contributed by atoms with Crippen molar-refractivity contribution in [2.45, 2.75) is 62.9 Å². The van der Waals surface area contributed by atoms with Crippen LogP contribution in [0, 0.1) is 6.92 Å². The summed E-state index contributed by atoms with van der Waals surface area (Å²) in [4.78, 5) is 23.1. The lowest BCUT2D eigenvalue weighted by molar-refractivity contribution is -0.121. The Balaban J connectivity index is 1.49. The summed E-state index contributed by atoms with van der Waals surface area (Å²) in [5.74, 6) is 0.940. The van der Waals surface area contributed by atoms with E-state index in [0.29, 0.717) is 12.5 Å². The second-order valence-corrected chi connectivity index (χ2v) is 8.43. The highest BCUT2D eigenvalue weighted by molar-refractivity contribution is 7.99. The molecule has 0 spiro atoms. The first-order valence-electron chi connectivity index (χ1n) is 8.35. The van der Waals surface area contributed by atoms with Crippen molar-refractivity contribution in [3.05, 3.63) is 17.3 Å². The van der Waals surface area contributed by atoms with Crippen molar-refractivity contribution in [2.24, 2.45) is 0 Å². The van der Waals surface area contributed by atoms with Crippen molar-refractivity contribution >= 4 is 39.2 Å². The van der Waals surface area contributed by atoms with E-state index in [1.54, 1.807) is 29.4 Å². The third kappa shape index (κ3) is 4.67. The van der Waals surface area contributed by atoms with Gasteiger partial charge in [0.1, 0.15) is 16.2 Å². The van der Waals surface area contributed by atoms with E-state index in [-0.39, 0.29) is 5.91 Å². The van der Waals surface area contributed by atoms with Gasteiger partial charge in [-0.1, -0.05) is 25.7 Å². The fourth-order valence-electron chi connectivity index (χ4n) is 3.03. The second kappa shape index (κ2) is 8.11. The number of aryl methyl sites for hydroxylation is 1. The standard InChI is InChI=1S/C17H23N3OS2/c1-12-10-14-16(18-11-19-17(14)23-12)22-9-8-15(21)20-13-6-4-2-3-5-7-13/h10-11,13H,2-9H2,1H3,(H,20,21). The molecule has 0 aromatic carbocycles. The van der Waals surface area contributed by atoms with Gasteiger partial charge in [0.2, 0.25) is 5.91 Å². The molecule has 3 rings (SSSR count). The first-order chi connectivity index (χ1) is 11.2. The third-order valence-corrected chi connectivity index (χ3v) is 6.17. The van der Waals surface area contributed by atoms with Gasteiger partial charge in [-0.05, 0) is 25.8 Å². The van der Waals surface area contributed by atoms with Crippen molar-refractivity contribution in [3.8, 4) is 0 Å². The summed E-state index contributed by atoms with van der Waals surface area (Å²) in [6, 6.07) is 2.52. The van der Waals surface area contributed by atoms with Crippen LogP contribution in [0.25, 0.3) is 10.2 Å². The van der Waals surface area contributed by atoms with Crippen LogP contribution in [-0.4, -0.2) is 27.7 Å². The Morgan fingerprint density at radius 3 is 2.87 bits per heavy atom. The largest absolute Gasteiger partial charge is 0.353 e. The predicted molar refractivity (Wildman–Crippen MR) is 97.1 cm³/mol. The number of amides is 1. The van der Waals surface area contributed by atoms with E-state index in [2.05, 4.69) is 28.3 Å². The lowest BCUT2D eigenvalue weighted by atomic mass is 10.1. The molecular formula is C17H23N3OS2. The molecule has 0 aliphatic heterocycles. The van der Waals surface area contributed by atoms with Crippen LogP contribution in [0.15, 0.2) is 17.4 Å². The van der Waals surface area contributed by atoms with Crippen molar-refractivity contribution in [2.75, 3.05) is 5.75 Å². The number of aromatic nitrogens is 2. The number of carbonyl (C=O) groups excluding carboxylic acids is 1. The molecule has 0 radical (unpaired) electrons. The zero-order valence-corrected chi connectivity index (χ0v) is 15.1. The number of thioether (sulfide) groups is 1. The number of nitrogens with zero attached hydrogens (tertiary/aromatic N) is 2. The van der Waals surface area contributed by atoms with E-state index in [1.807, 2.05) is 0 Å². The number of carbonyl (C=O) groups is 1. The Kier molecular flexibility index (Phi) is 5.89. The molecule has 1 aliphatic rings. The second-order valence-electron chi connectivity index (χ2n) is 6.11. The normalized spacial score (nSPS) is 16.4. The molecule has 0 unspecified atom stereocenters. The first-order valence-corrected chi connectivity index (χ1v) is 10.2. The smallest absolute Gasteiger partial charge is 0.221 e. The fraction of sp³-hybridized carbons (Fsp3) is 0.588. The maximum atomic E-state index is 12.1. The summed E-state index contributed by atoms with van der Waals surface area (Å²) in [5, 5.41) is 5.31. The summed E-state index contributed by atoms with van der Waals surface area (Å²) in [6.45, 7) is 2.08. The van der Waals surface area contributed by atoms with Crippen molar-refractivity contribution < 1.29 is 4.79 Å². The minimum Gasteiger partial charge on any atom is -0.353 e. The van der Waals surface area contributed by atoms with Crippen LogP contribution in [0.5, 0.6) is 0 Å². The number of nitrogens with one attached hydrogen (secondary N) is 1. The highest BCUT2D eigenvalue weighted by atomic mass is 32.2. The molecule has 1 N–H and O–H groups in total. The molecule has 4 nitrogen and oxygen atoms in total. The highest BCUT2D eigenvalue weighted by Crippen LogP contribution is 2.30. The molecular weight excluding hydrogens is 326 g/mol. The molecule has 1 amide bonds. The molecule has 23 heavy (non-hydrogen) atoms. The molecule has 0 saturated heterocycles. The van der Waals surface area contributed by atoms with Gasteiger partial charge >= 0.3 is 0 Å². The van der Waals surface area contributed by atoms with Crippen LogP contribution < -0.4 is 5.32 Å². The van der Waals surface area contributed by atoms with Crippen molar-refractivity contribution in [1.82, 2.24) is 15.3 Å². The maximum Gasteiger partial charge on any atom is 0.221 e. The number of hydrogen-bond acceptors (Lipinski definition) is 5. The summed E-state index contributed by atoms with van der Waals surface area (Å²) in [7, 11) is 0. The average molecular weight is 350 g/mol. The van der Waals surface area contributed by atoms with Crippen LogP contribution in [-0.2, 0) is 4.79 Å². The quantitative estimate of drug-likeness (QED) is 0.496. The molecule has 0 bridgehead atoms. The number of hydrogen-bond donors (Lipinski definition) is 1. The topological polar surface area (TPSA) is 54.9 Å². The van der Waals surface area contributed by atoms with Gasteiger partial charge in [0.15, 0.2) is 0 Å². The Hall–Kier alpha value is -1.14. The van der Waals surface area contributed by atoms with Gasteiger partial charge in [0.25, 0.3) is 0 Å². The maximum absolute atomic E-state index is 12.1. The fourth-order valence-corrected chi connectivity index (χ4v) is 4.86. The summed E-state index contributed by atoms with van der Waals surface area (Å²) < 4.78 is 0. The lowest BCUT2D eigenvalue weighted by Crippen LogP contribution is -2.34. The van der Waals surface area contributed by atoms with E-state index in [1.165, 1.54) is 30.6 Å². The van der Waals surface area contributed by atoms with E-state index in [0.717, 1.165) is 33.8 Å². The van der Waals surface area contributed by atoms with Gasteiger partial charge < -0.3 is 5.32 Å². The molecule has 1 fully saturated rings. The van der Waals surface area contributed by atoms with E-state index < -0.39 is 0 Å². The lowest BCUT2D eigenvalue weighted by Gasteiger charge is -2.15. The molecule has 2 aromatic rings. The van der Waals surface area contributed by atoms with E-state index in [4.69, 9.17) is 0 Å². The van der Waals surface area contributed by atoms with Crippen LogP contribution in [0.2, 0.25) is 0 Å². The Bertz CT molecular complexity index is 663. The summed E-state index contributed by atoms with van der Waals surface area (Å²) in [5.41, 5.74) is 0. The van der Waals surface area contributed by atoms with Crippen molar-refractivity contribution in [3.63, 3.8) is 0 Å². The molecule has 2 aromatic heterocycles. The zero-order valence-electron chi connectivity index (χ0n) is 13.5. The monoisotopic (exact) mass is 349 g/mol. The van der Waals surface area contributed by atoms with Crippen molar-refractivity contribution in [1.29, 1.82) is 0 Å². The molecule has 1 saturated carbocycles. The Labute approximate surface area is 145 Å². The van der Waals surface area contributed by atoms with Crippen LogP contribution in [0.3, 0.4) is 0 Å². The summed E-state index contributed by atoms with van der Waals surface area (Å²) >= 11 is 3.34. The SMILES string of the molecule is Cc1cc2c(SCCC(=O)NC3CCCCCC3)ncnc2s1. The molecule has 2 heterocycles. The van der Waals surface area contributed by atoms with Gasteiger partial charge in [-0.15, -0.1) is 23.1 Å². The van der Waals surface area contributed by atoms with E-state index in [9.17, 15) is 4.79 Å². The number of thiophene rings is 1. The van der Waals surface area contributed by atoms with Crippen LogP contribution in [0.4, 0.5) is 0 Å². The highest BCUT2D eigenvalue weighted by Gasteiger charge is 2.15. The average Bonchev–Trinajstić information content (AvgIpc) is 2.74. The molecule has 1 aliphatic carbocycles. The van der Waals surface area contributed by atoms with Gasteiger partial charge in [0.05, 0.1) is 0 Å². The molecule has 0 atom stereocenters. The Morgan fingerprint density at radius 2 is 2.09 bits per heavy atom. The van der Waals surface area contributed by atoms with Gasteiger partial charge in [-0.25, -0.2) is 9.97 Å². The van der Waals surface area contributed by atoms with Gasteiger partial charge in [-0.3, -0.25) is 4.79 Å². The predicted octanol–water partition coefficient (Wildman–Crippen LogP) is 4.32. The third-order valence-electron chi connectivity index (χ3n) is 4.20. The first kappa shape index (κ1) is 16.7. The molecule has 124 valence electrons.